The molecule has 1 amide bonds. The highest BCUT2D eigenvalue weighted by atomic mass is 19.1. The summed E-state index contributed by atoms with van der Waals surface area (Å²) in [5, 5.41) is 0. The SMILES string of the molecule is COc1cc(CCN(CC(=O)N(C)C)C2CCN(C)CC2)ccc1OCc1cccc(F)c1. The monoisotopic (exact) mass is 457 g/mol. The molecule has 0 saturated carbocycles. The molecule has 0 atom stereocenters. The number of halogens is 1. The van der Waals surface area contributed by atoms with E-state index in [2.05, 4.69) is 16.8 Å². The van der Waals surface area contributed by atoms with Crippen LogP contribution >= 0.6 is 0 Å². The van der Waals surface area contributed by atoms with Crippen LogP contribution in [0.3, 0.4) is 0 Å². The summed E-state index contributed by atoms with van der Waals surface area (Å²) < 4.78 is 24.8. The number of likely N-dealkylation sites (N-methyl/N-ethyl adjacent to an activating group) is 1. The number of carbonyl (C=O) groups excluding carboxylic acids is 1. The molecule has 2 aromatic rings. The number of likely N-dealkylation sites (tertiary alicyclic amines) is 1. The minimum Gasteiger partial charge on any atom is -0.493 e. The van der Waals surface area contributed by atoms with E-state index in [1.54, 1.807) is 18.1 Å². The van der Waals surface area contributed by atoms with E-state index < -0.39 is 0 Å². The Morgan fingerprint density at radius 3 is 2.52 bits per heavy atom. The van der Waals surface area contributed by atoms with Crippen molar-refractivity contribution >= 4 is 5.91 Å². The zero-order valence-electron chi connectivity index (χ0n) is 20.2. The molecule has 3 rings (SSSR count). The van der Waals surface area contributed by atoms with Crippen molar-refractivity contribution in [3.63, 3.8) is 0 Å². The van der Waals surface area contributed by atoms with E-state index in [-0.39, 0.29) is 18.3 Å². The summed E-state index contributed by atoms with van der Waals surface area (Å²) >= 11 is 0. The van der Waals surface area contributed by atoms with Crippen LogP contribution in [-0.2, 0) is 17.8 Å². The van der Waals surface area contributed by atoms with Crippen molar-refractivity contribution in [1.82, 2.24) is 14.7 Å². The third-order valence-corrected chi connectivity index (χ3v) is 6.24. The lowest BCUT2D eigenvalue weighted by Crippen LogP contribution is -2.48. The van der Waals surface area contributed by atoms with Gasteiger partial charge in [0.25, 0.3) is 0 Å². The van der Waals surface area contributed by atoms with Gasteiger partial charge in [0.15, 0.2) is 11.5 Å². The second-order valence-corrected chi connectivity index (χ2v) is 8.95. The first-order valence-corrected chi connectivity index (χ1v) is 11.5. The third-order valence-electron chi connectivity index (χ3n) is 6.24. The van der Waals surface area contributed by atoms with Gasteiger partial charge in [-0.25, -0.2) is 4.39 Å². The van der Waals surface area contributed by atoms with Gasteiger partial charge >= 0.3 is 0 Å². The van der Waals surface area contributed by atoms with Crippen LogP contribution in [0.25, 0.3) is 0 Å². The Labute approximate surface area is 196 Å². The molecule has 6 nitrogen and oxygen atoms in total. The molecule has 0 unspecified atom stereocenters. The number of methoxy groups -OCH3 is 1. The van der Waals surface area contributed by atoms with Crippen LogP contribution in [0, 0.1) is 5.82 Å². The van der Waals surface area contributed by atoms with Gasteiger partial charge in [-0.3, -0.25) is 9.69 Å². The predicted octanol–water partition coefficient (Wildman–Crippen LogP) is 3.44. The Kier molecular flexibility index (Phi) is 9.09. The summed E-state index contributed by atoms with van der Waals surface area (Å²) in [6.07, 6.45) is 2.97. The van der Waals surface area contributed by atoms with Gasteiger partial charge in [-0.2, -0.15) is 0 Å². The van der Waals surface area contributed by atoms with E-state index >= 15 is 0 Å². The molecule has 1 aliphatic rings. The number of hydrogen-bond donors (Lipinski definition) is 0. The molecule has 7 heteroatoms. The number of nitrogens with zero attached hydrogens (tertiary/aromatic N) is 3. The van der Waals surface area contributed by atoms with Crippen molar-refractivity contribution in [3.8, 4) is 11.5 Å². The molecule has 1 aliphatic heterocycles. The van der Waals surface area contributed by atoms with Gasteiger partial charge in [-0.15, -0.1) is 0 Å². The highest BCUT2D eigenvalue weighted by Gasteiger charge is 2.25. The summed E-state index contributed by atoms with van der Waals surface area (Å²) in [4.78, 5) is 18.8. The largest absolute Gasteiger partial charge is 0.493 e. The summed E-state index contributed by atoms with van der Waals surface area (Å²) in [6.45, 7) is 3.63. The highest BCUT2D eigenvalue weighted by Crippen LogP contribution is 2.29. The van der Waals surface area contributed by atoms with Crippen molar-refractivity contribution in [2.75, 3.05) is 54.4 Å². The molecule has 1 saturated heterocycles. The van der Waals surface area contributed by atoms with Gasteiger partial charge in [-0.1, -0.05) is 18.2 Å². The van der Waals surface area contributed by atoms with Gasteiger partial charge in [0.05, 0.1) is 13.7 Å². The molecular formula is C26H36FN3O3. The van der Waals surface area contributed by atoms with E-state index in [0.717, 1.165) is 50.0 Å². The smallest absolute Gasteiger partial charge is 0.236 e. The standard InChI is InChI=1S/C26H36FN3O3/c1-28(2)26(31)18-30(23-11-13-29(3)14-12-23)15-10-20-8-9-24(25(17-20)32-4)33-19-21-6-5-7-22(27)16-21/h5-9,16-17,23H,10-15,18-19H2,1-4H3. The fourth-order valence-corrected chi connectivity index (χ4v) is 4.11. The summed E-state index contributed by atoms with van der Waals surface area (Å²) in [7, 11) is 7.38. The van der Waals surface area contributed by atoms with Crippen LogP contribution in [0.5, 0.6) is 11.5 Å². The summed E-state index contributed by atoms with van der Waals surface area (Å²) in [6, 6.07) is 12.7. The maximum absolute atomic E-state index is 13.4. The van der Waals surface area contributed by atoms with Crippen molar-refractivity contribution in [3.05, 3.63) is 59.4 Å². The number of piperidine rings is 1. The predicted molar refractivity (Wildman–Crippen MR) is 128 cm³/mol. The molecule has 0 bridgehead atoms. The molecule has 1 heterocycles. The van der Waals surface area contributed by atoms with E-state index in [0.29, 0.717) is 24.1 Å². The van der Waals surface area contributed by atoms with Crippen LogP contribution in [0.1, 0.15) is 24.0 Å². The van der Waals surface area contributed by atoms with Gasteiger partial charge < -0.3 is 19.3 Å². The van der Waals surface area contributed by atoms with Crippen molar-refractivity contribution in [2.24, 2.45) is 0 Å². The van der Waals surface area contributed by atoms with Crippen LogP contribution in [-0.4, -0.2) is 81.1 Å². The van der Waals surface area contributed by atoms with Crippen molar-refractivity contribution < 1.29 is 18.7 Å². The van der Waals surface area contributed by atoms with Crippen LogP contribution in [0.15, 0.2) is 42.5 Å². The quantitative estimate of drug-likeness (QED) is 0.547. The number of ether oxygens (including phenoxy) is 2. The third kappa shape index (κ3) is 7.44. The molecule has 0 aromatic heterocycles. The number of carbonyl (C=O) groups is 1. The fraction of sp³-hybridized carbons (Fsp3) is 0.500. The van der Waals surface area contributed by atoms with E-state index in [4.69, 9.17) is 9.47 Å². The molecule has 0 N–H and O–H groups in total. The maximum atomic E-state index is 13.4. The molecular weight excluding hydrogens is 421 g/mol. The van der Waals surface area contributed by atoms with Gasteiger partial charge in [-0.05, 0) is 74.8 Å². The highest BCUT2D eigenvalue weighted by molar-refractivity contribution is 5.77. The van der Waals surface area contributed by atoms with E-state index in [1.807, 2.05) is 38.4 Å². The zero-order valence-corrected chi connectivity index (χ0v) is 20.2. The van der Waals surface area contributed by atoms with Gasteiger partial charge in [0.1, 0.15) is 12.4 Å². The molecule has 0 radical (unpaired) electrons. The molecule has 180 valence electrons. The lowest BCUT2D eigenvalue weighted by molar-refractivity contribution is -0.130. The minimum atomic E-state index is -0.277. The van der Waals surface area contributed by atoms with Crippen LogP contribution in [0.2, 0.25) is 0 Å². The van der Waals surface area contributed by atoms with E-state index in [1.165, 1.54) is 12.1 Å². The second kappa shape index (κ2) is 12.0. The Balaban J connectivity index is 1.64. The minimum absolute atomic E-state index is 0.132. The first-order valence-electron chi connectivity index (χ1n) is 11.5. The Morgan fingerprint density at radius 2 is 1.85 bits per heavy atom. The normalized spacial score (nSPS) is 15.0. The van der Waals surface area contributed by atoms with Gasteiger partial charge in [0, 0.05) is 26.7 Å². The molecule has 0 aliphatic carbocycles. The number of benzene rings is 2. The summed E-state index contributed by atoms with van der Waals surface area (Å²) in [5.74, 6) is 1.13. The van der Waals surface area contributed by atoms with Crippen molar-refractivity contribution in [1.29, 1.82) is 0 Å². The first-order chi connectivity index (χ1) is 15.9. The van der Waals surface area contributed by atoms with Crippen LogP contribution < -0.4 is 9.47 Å². The number of rotatable bonds is 10. The number of hydrogen-bond acceptors (Lipinski definition) is 5. The molecule has 0 spiro atoms. The lowest BCUT2D eigenvalue weighted by Gasteiger charge is -2.37. The summed E-state index contributed by atoms with van der Waals surface area (Å²) in [5.41, 5.74) is 1.89. The Hall–Kier alpha value is -2.64. The van der Waals surface area contributed by atoms with E-state index in [9.17, 15) is 9.18 Å². The Bertz CT molecular complexity index is 913. The first kappa shape index (κ1) is 25.0. The molecule has 2 aromatic carbocycles. The average Bonchev–Trinajstić information content (AvgIpc) is 2.81. The van der Waals surface area contributed by atoms with Gasteiger partial charge in [0.2, 0.25) is 5.91 Å². The van der Waals surface area contributed by atoms with Crippen molar-refractivity contribution in [2.45, 2.75) is 31.9 Å². The maximum Gasteiger partial charge on any atom is 0.236 e. The van der Waals surface area contributed by atoms with Crippen LogP contribution in [0.4, 0.5) is 4.39 Å². The molecule has 33 heavy (non-hydrogen) atoms. The average molecular weight is 458 g/mol. The molecule has 1 fully saturated rings. The lowest BCUT2D eigenvalue weighted by atomic mass is 10.0. The number of amides is 1. The zero-order chi connectivity index (χ0) is 23.8. The Morgan fingerprint density at radius 1 is 1.09 bits per heavy atom. The second-order valence-electron chi connectivity index (χ2n) is 8.95. The fourth-order valence-electron chi connectivity index (χ4n) is 4.11. The topological polar surface area (TPSA) is 45.2 Å².